The number of sulfonamides is 1. The maximum absolute atomic E-state index is 12.5. The molecule has 9 nitrogen and oxygen atoms in total. The summed E-state index contributed by atoms with van der Waals surface area (Å²) >= 11 is 0. The fraction of sp³-hybridized carbons (Fsp3) is 0.474. The first-order valence-electron chi connectivity index (χ1n) is 9.54. The second-order valence-corrected chi connectivity index (χ2v) is 9.30. The highest BCUT2D eigenvalue weighted by Crippen LogP contribution is 2.15. The lowest BCUT2D eigenvalue weighted by atomic mass is 10.2. The van der Waals surface area contributed by atoms with E-state index in [2.05, 4.69) is 15.6 Å². The molecule has 1 aliphatic heterocycles. The van der Waals surface area contributed by atoms with Crippen LogP contribution in [0.25, 0.3) is 0 Å². The van der Waals surface area contributed by atoms with Crippen molar-refractivity contribution in [2.24, 2.45) is 0 Å². The van der Waals surface area contributed by atoms with Crippen LogP contribution in [0.4, 0.5) is 10.5 Å². The number of imidazole rings is 1. The Balaban J connectivity index is 1.47. The molecule has 1 aliphatic rings. The van der Waals surface area contributed by atoms with Gasteiger partial charge in [-0.05, 0) is 31.5 Å². The largest absolute Gasteiger partial charge is 0.373 e. The van der Waals surface area contributed by atoms with Crippen molar-refractivity contribution < 1.29 is 17.9 Å². The predicted molar refractivity (Wildman–Crippen MR) is 110 cm³/mol. The Hall–Kier alpha value is -2.43. The summed E-state index contributed by atoms with van der Waals surface area (Å²) in [5.74, 6) is -0.152. The number of hydrogen-bond donors (Lipinski definition) is 2. The summed E-state index contributed by atoms with van der Waals surface area (Å²) in [6.45, 7) is 5.05. The molecular weight excluding hydrogens is 394 g/mol. The van der Waals surface area contributed by atoms with Gasteiger partial charge in [0.2, 0.25) is 10.0 Å². The van der Waals surface area contributed by atoms with Gasteiger partial charge in [-0.2, -0.15) is 4.31 Å². The zero-order valence-corrected chi connectivity index (χ0v) is 17.4. The molecule has 29 heavy (non-hydrogen) atoms. The number of nitrogens with zero attached hydrogens (tertiary/aromatic N) is 3. The van der Waals surface area contributed by atoms with Gasteiger partial charge in [0.1, 0.15) is 0 Å². The molecular formula is C19H27N5O4S. The topological polar surface area (TPSA) is 106 Å². The quantitative estimate of drug-likeness (QED) is 0.705. The number of benzene rings is 1. The van der Waals surface area contributed by atoms with Crippen LogP contribution in [-0.2, 0) is 21.3 Å². The third-order valence-electron chi connectivity index (χ3n) is 4.53. The molecule has 0 saturated carbocycles. The summed E-state index contributed by atoms with van der Waals surface area (Å²) in [7, 11) is -3.45. The molecule has 2 aromatic rings. The number of hydrogen-bond acceptors (Lipinski definition) is 5. The molecule has 2 heterocycles. The third kappa shape index (κ3) is 6.28. The van der Waals surface area contributed by atoms with Crippen molar-refractivity contribution in [2.45, 2.75) is 32.6 Å². The van der Waals surface area contributed by atoms with Gasteiger partial charge < -0.3 is 19.9 Å². The molecule has 0 bridgehead atoms. The molecule has 1 aromatic carbocycles. The maximum Gasteiger partial charge on any atom is 0.319 e. The SMILES string of the molecule is C[C@H]1CN(S(=O)(=O)CCNC(=O)Nc2cccc(Cn3ccnc3)c2)C[C@H](C)O1. The molecule has 2 atom stereocenters. The molecule has 0 spiro atoms. The van der Waals surface area contributed by atoms with Gasteiger partial charge in [-0.1, -0.05) is 12.1 Å². The summed E-state index contributed by atoms with van der Waals surface area (Å²) < 4.78 is 33.9. The van der Waals surface area contributed by atoms with Crippen LogP contribution in [0.5, 0.6) is 0 Å². The van der Waals surface area contributed by atoms with Gasteiger partial charge in [0.05, 0.1) is 24.3 Å². The first kappa shape index (κ1) is 21.3. The van der Waals surface area contributed by atoms with Gasteiger partial charge >= 0.3 is 6.03 Å². The Kier molecular flexibility index (Phi) is 6.88. The minimum atomic E-state index is -3.45. The van der Waals surface area contributed by atoms with Gasteiger partial charge in [0.15, 0.2) is 0 Å². The van der Waals surface area contributed by atoms with Crippen molar-refractivity contribution in [1.82, 2.24) is 19.2 Å². The highest BCUT2D eigenvalue weighted by molar-refractivity contribution is 7.89. The Morgan fingerprint density at radius 2 is 2.03 bits per heavy atom. The lowest BCUT2D eigenvalue weighted by Gasteiger charge is -2.34. The van der Waals surface area contributed by atoms with Crippen molar-refractivity contribution in [3.05, 3.63) is 48.5 Å². The Morgan fingerprint density at radius 1 is 1.28 bits per heavy atom. The zero-order valence-electron chi connectivity index (χ0n) is 16.6. The van der Waals surface area contributed by atoms with Gasteiger partial charge in [-0.3, -0.25) is 0 Å². The van der Waals surface area contributed by atoms with Crippen LogP contribution in [0, 0.1) is 0 Å². The van der Waals surface area contributed by atoms with E-state index in [-0.39, 0.29) is 24.5 Å². The molecule has 158 valence electrons. The van der Waals surface area contributed by atoms with E-state index in [1.165, 1.54) is 4.31 Å². The number of anilines is 1. The molecule has 10 heteroatoms. The summed E-state index contributed by atoms with van der Waals surface area (Å²) in [6, 6.07) is 7.02. The Bertz CT molecular complexity index is 906. The molecule has 0 unspecified atom stereocenters. The van der Waals surface area contributed by atoms with E-state index in [0.29, 0.717) is 25.3 Å². The van der Waals surface area contributed by atoms with E-state index in [1.807, 2.05) is 42.8 Å². The van der Waals surface area contributed by atoms with E-state index in [0.717, 1.165) is 5.56 Å². The second-order valence-electron chi connectivity index (χ2n) is 7.21. The van der Waals surface area contributed by atoms with E-state index in [9.17, 15) is 13.2 Å². The minimum Gasteiger partial charge on any atom is -0.373 e. The van der Waals surface area contributed by atoms with Crippen LogP contribution < -0.4 is 10.6 Å². The lowest BCUT2D eigenvalue weighted by Crippen LogP contribution is -2.49. The molecule has 2 N–H and O–H groups in total. The molecule has 0 radical (unpaired) electrons. The summed E-state index contributed by atoms with van der Waals surface area (Å²) in [4.78, 5) is 16.1. The van der Waals surface area contributed by atoms with Crippen LogP contribution in [0.1, 0.15) is 19.4 Å². The van der Waals surface area contributed by atoms with E-state index in [1.54, 1.807) is 18.6 Å². The number of nitrogens with one attached hydrogen (secondary N) is 2. The van der Waals surface area contributed by atoms with Gasteiger partial charge in [-0.25, -0.2) is 18.2 Å². The standard InChI is InChI=1S/C19H27N5O4S/c1-15-11-24(12-16(2)28-15)29(26,27)9-7-21-19(25)22-18-5-3-4-17(10-18)13-23-8-6-20-14-23/h3-6,8,10,14-16H,7,9,11-13H2,1-2H3,(H2,21,22,25)/t15-,16-/m0/s1. The average molecular weight is 422 g/mol. The van der Waals surface area contributed by atoms with Crippen LogP contribution in [-0.4, -0.2) is 65.9 Å². The van der Waals surface area contributed by atoms with Crippen LogP contribution >= 0.6 is 0 Å². The number of urea groups is 1. The van der Waals surface area contributed by atoms with Gasteiger partial charge in [0, 0.05) is 44.3 Å². The number of rotatable bonds is 7. The third-order valence-corrected chi connectivity index (χ3v) is 6.34. The maximum atomic E-state index is 12.5. The highest BCUT2D eigenvalue weighted by atomic mass is 32.2. The summed E-state index contributed by atoms with van der Waals surface area (Å²) in [5.41, 5.74) is 1.65. The number of aromatic nitrogens is 2. The Morgan fingerprint density at radius 3 is 2.72 bits per heavy atom. The molecule has 1 aromatic heterocycles. The van der Waals surface area contributed by atoms with Crippen LogP contribution in [0.15, 0.2) is 43.0 Å². The smallest absolute Gasteiger partial charge is 0.319 e. The highest BCUT2D eigenvalue weighted by Gasteiger charge is 2.30. The number of morpholine rings is 1. The molecule has 1 saturated heterocycles. The van der Waals surface area contributed by atoms with Gasteiger partial charge in [0.25, 0.3) is 0 Å². The Labute approximate surface area is 171 Å². The fourth-order valence-electron chi connectivity index (χ4n) is 3.29. The minimum absolute atomic E-state index is 0.0308. The van der Waals surface area contributed by atoms with E-state index >= 15 is 0 Å². The number of carbonyl (C=O) groups excluding carboxylic acids is 1. The fourth-order valence-corrected chi connectivity index (χ4v) is 4.79. The van der Waals surface area contributed by atoms with Crippen LogP contribution in [0.2, 0.25) is 0 Å². The summed E-state index contributed by atoms with van der Waals surface area (Å²) in [6.07, 6.45) is 5.02. The number of carbonyl (C=O) groups is 1. The lowest BCUT2D eigenvalue weighted by molar-refractivity contribution is -0.0440. The van der Waals surface area contributed by atoms with Crippen LogP contribution in [0.3, 0.4) is 0 Å². The van der Waals surface area contributed by atoms with E-state index in [4.69, 9.17) is 4.74 Å². The predicted octanol–water partition coefficient (Wildman–Crippen LogP) is 1.49. The zero-order chi connectivity index (χ0) is 20.9. The summed E-state index contributed by atoms with van der Waals surface area (Å²) in [5, 5.41) is 5.35. The molecule has 2 amide bonds. The van der Waals surface area contributed by atoms with Crippen molar-refractivity contribution >= 4 is 21.7 Å². The molecule has 1 fully saturated rings. The van der Waals surface area contributed by atoms with Gasteiger partial charge in [-0.15, -0.1) is 0 Å². The van der Waals surface area contributed by atoms with Crippen molar-refractivity contribution in [2.75, 3.05) is 30.7 Å². The molecule has 0 aliphatic carbocycles. The monoisotopic (exact) mass is 421 g/mol. The first-order valence-corrected chi connectivity index (χ1v) is 11.2. The van der Waals surface area contributed by atoms with Crippen molar-refractivity contribution in [3.8, 4) is 0 Å². The van der Waals surface area contributed by atoms with Crippen molar-refractivity contribution in [1.29, 1.82) is 0 Å². The normalized spacial score (nSPS) is 20.3. The average Bonchev–Trinajstić information content (AvgIpc) is 3.14. The number of ether oxygens (including phenoxy) is 1. The van der Waals surface area contributed by atoms with Crippen molar-refractivity contribution in [3.63, 3.8) is 0 Å². The molecule has 3 rings (SSSR count). The van der Waals surface area contributed by atoms with E-state index < -0.39 is 16.1 Å². The number of amides is 2. The first-order chi connectivity index (χ1) is 13.8. The second kappa shape index (κ2) is 9.38.